The molecular weight excluding hydrogens is 180 g/mol. The molecule has 0 aromatic heterocycles. The third kappa shape index (κ3) is 3.64. The summed E-state index contributed by atoms with van der Waals surface area (Å²) in [5.74, 6) is 0.565. The zero-order chi connectivity index (χ0) is 10.4. The Kier molecular flexibility index (Phi) is 4.90. The fourth-order valence-electron chi connectivity index (χ4n) is 1.59. The Labute approximate surface area is 85.4 Å². The maximum atomic E-state index is 11.4. The summed E-state index contributed by atoms with van der Waals surface area (Å²) in [6, 6.07) is 0. The van der Waals surface area contributed by atoms with E-state index in [0.29, 0.717) is 5.92 Å². The van der Waals surface area contributed by atoms with Crippen LogP contribution in [0.15, 0.2) is 0 Å². The van der Waals surface area contributed by atoms with E-state index in [0.717, 1.165) is 19.6 Å². The van der Waals surface area contributed by atoms with Gasteiger partial charge in [-0.15, -0.1) is 0 Å². The number of piperidine rings is 1. The molecule has 0 unspecified atom stereocenters. The average molecular weight is 200 g/mol. The Hall–Kier alpha value is -0.610. The minimum absolute atomic E-state index is 0.0157. The molecule has 0 saturated carbocycles. The maximum Gasteiger partial charge on any atom is 0.248 e. The first kappa shape index (κ1) is 11.5. The lowest BCUT2D eigenvalue weighted by Gasteiger charge is -2.23. The lowest BCUT2D eigenvalue weighted by atomic mass is 10.00. The van der Waals surface area contributed by atoms with Gasteiger partial charge in [0.2, 0.25) is 5.91 Å². The minimum Gasteiger partial charge on any atom is -0.372 e. The normalized spacial score (nSPS) is 24.3. The summed E-state index contributed by atoms with van der Waals surface area (Å²) < 4.78 is 4.92. The van der Waals surface area contributed by atoms with E-state index in [9.17, 15) is 4.79 Å². The fraction of sp³-hybridized carbons (Fsp3) is 0.900. The first-order valence-electron chi connectivity index (χ1n) is 5.25. The summed E-state index contributed by atoms with van der Waals surface area (Å²) in [6.45, 7) is 4.65. The lowest BCUT2D eigenvalue weighted by Crippen LogP contribution is -2.41. The van der Waals surface area contributed by atoms with Crippen molar-refractivity contribution in [2.75, 3.05) is 26.7 Å². The van der Waals surface area contributed by atoms with Gasteiger partial charge in [0.05, 0.1) is 0 Å². The predicted octanol–water partition coefficient (Wildman–Crippen LogP) is 0.137. The summed E-state index contributed by atoms with van der Waals surface area (Å²) in [7, 11) is 1.55. The van der Waals surface area contributed by atoms with E-state index in [2.05, 4.69) is 10.6 Å². The summed E-state index contributed by atoms with van der Waals surface area (Å²) in [5.41, 5.74) is 0. The highest BCUT2D eigenvalue weighted by Gasteiger charge is 2.16. The fourth-order valence-corrected chi connectivity index (χ4v) is 1.59. The summed E-state index contributed by atoms with van der Waals surface area (Å²) in [6.07, 6.45) is 2.07. The number of carbonyl (C=O) groups is 1. The molecular formula is C10H20N2O2. The van der Waals surface area contributed by atoms with Crippen LogP contribution in [0.1, 0.15) is 19.8 Å². The third-order valence-corrected chi connectivity index (χ3v) is 2.69. The molecule has 82 valence electrons. The maximum absolute atomic E-state index is 11.4. The standard InChI is InChI=1S/C10H20N2O2/c1-8(14-2)10(13)12-7-9-4-3-5-11-6-9/h8-9,11H,3-7H2,1-2H3,(H,12,13)/t8-,9-/m1/s1. The van der Waals surface area contributed by atoms with Crippen LogP contribution in [-0.2, 0) is 9.53 Å². The number of rotatable bonds is 4. The number of nitrogens with one attached hydrogen (secondary N) is 2. The van der Waals surface area contributed by atoms with Crippen LogP contribution in [0.4, 0.5) is 0 Å². The van der Waals surface area contributed by atoms with E-state index in [1.807, 2.05) is 0 Å². The molecule has 1 amide bonds. The highest BCUT2D eigenvalue weighted by atomic mass is 16.5. The molecule has 1 fully saturated rings. The SMILES string of the molecule is CO[C@H](C)C(=O)NC[C@@H]1CCCNC1. The number of carbonyl (C=O) groups excluding carboxylic acids is 1. The van der Waals surface area contributed by atoms with Gasteiger partial charge in [-0.25, -0.2) is 0 Å². The van der Waals surface area contributed by atoms with Gasteiger partial charge in [-0.2, -0.15) is 0 Å². The van der Waals surface area contributed by atoms with Gasteiger partial charge in [0, 0.05) is 13.7 Å². The molecule has 1 aliphatic rings. The van der Waals surface area contributed by atoms with Crippen molar-refractivity contribution in [3.05, 3.63) is 0 Å². The number of ether oxygens (including phenoxy) is 1. The largest absolute Gasteiger partial charge is 0.372 e. The number of amides is 1. The van der Waals surface area contributed by atoms with Crippen molar-refractivity contribution in [2.45, 2.75) is 25.9 Å². The lowest BCUT2D eigenvalue weighted by molar-refractivity contribution is -0.130. The monoisotopic (exact) mass is 200 g/mol. The van der Waals surface area contributed by atoms with E-state index < -0.39 is 0 Å². The summed E-state index contributed by atoms with van der Waals surface area (Å²) >= 11 is 0. The summed E-state index contributed by atoms with van der Waals surface area (Å²) in [5, 5.41) is 6.22. The molecule has 0 aliphatic carbocycles. The molecule has 0 bridgehead atoms. The highest BCUT2D eigenvalue weighted by molar-refractivity contribution is 5.80. The molecule has 14 heavy (non-hydrogen) atoms. The second-order valence-corrected chi connectivity index (χ2v) is 3.84. The molecule has 0 radical (unpaired) electrons. The van der Waals surface area contributed by atoms with Crippen molar-refractivity contribution < 1.29 is 9.53 Å². The predicted molar refractivity (Wildman–Crippen MR) is 55.1 cm³/mol. The van der Waals surface area contributed by atoms with Crippen molar-refractivity contribution in [1.82, 2.24) is 10.6 Å². The van der Waals surface area contributed by atoms with E-state index in [1.54, 1.807) is 14.0 Å². The van der Waals surface area contributed by atoms with Gasteiger partial charge in [0.1, 0.15) is 6.10 Å². The van der Waals surface area contributed by atoms with Crippen LogP contribution in [0.3, 0.4) is 0 Å². The molecule has 1 rings (SSSR count). The first-order chi connectivity index (χ1) is 6.74. The van der Waals surface area contributed by atoms with Gasteiger partial charge in [-0.1, -0.05) is 0 Å². The van der Waals surface area contributed by atoms with Gasteiger partial charge >= 0.3 is 0 Å². The Balaban J connectivity index is 2.15. The van der Waals surface area contributed by atoms with E-state index in [4.69, 9.17) is 4.74 Å². The van der Waals surface area contributed by atoms with Gasteiger partial charge in [-0.05, 0) is 38.8 Å². The van der Waals surface area contributed by atoms with Crippen molar-refractivity contribution in [2.24, 2.45) is 5.92 Å². The number of methoxy groups -OCH3 is 1. The molecule has 2 N–H and O–H groups in total. The van der Waals surface area contributed by atoms with Crippen molar-refractivity contribution in [1.29, 1.82) is 0 Å². The second kappa shape index (κ2) is 5.98. The second-order valence-electron chi connectivity index (χ2n) is 3.84. The third-order valence-electron chi connectivity index (χ3n) is 2.69. The van der Waals surface area contributed by atoms with Crippen molar-refractivity contribution in [3.63, 3.8) is 0 Å². The van der Waals surface area contributed by atoms with Gasteiger partial charge in [-0.3, -0.25) is 4.79 Å². The molecule has 0 aromatic rings. The topological polar surface area (TPSA) is 50.4 Å². The van der Waals surface area contributed by atoms with Crippen LogP contribution in [0.25, 0.3) is 0 Å². The average Bonchev–Trinajstić information content (AvgIpc) is 2.26. The zero-order valence-corrected chi connectivity index (χ0v) is 9.01. The molecule has 0 aromatic carbocycles. The Morgan fingerprint density at radius 1 is 1.71 bits per heavy atom. The molecule has 1 saturated heterocycles. The molecule has 4 nitrogen and oxygen atoms in total. The molecule has 0 spiro atoms. The van der Waals surface area contributed by atoms with E-state index >= 15 is 0 Å². The summed E-state index contributed by atoms with van der Waals surface area (Å²) in [4.78, 5) is 11.4. The minimum atomic E-state index is -0.341. The molecule has 4 heteroatoms. The highest BCUT2D eigenvalue weighted by Crippen LogP contribution is 2.08. The zero-order valence-electron chi connectivity index (χ0n) is 9.01. The Morgan fingerprint density at radius 2 is 2.50 bits per heavy atom. The van der Waals surface area contributed by atoms with Crippen LogP contribution in [0.2, 0.25) is 0 Å². The van der Waals surface area contributed by atoms with E-state index in [1.165, 1.54) is 12.8 Å². The van der Waals surface area contributed by atoms with Crippen LogP contribution in [0.5, 0.6) is 0 Å². The first-order valence-corrected chi connectivity index (χ1v) is 5.25. The number of hydrogen-bond donors (Lipinski definition) is 2. The van der Waals surface area contributed by atoms with E-state index in [-0.39, 0.29) is 12.0 Å². The van der Waals surface area contributed by atoms with Crippen LogP contribution in [-0.4, -0.2) is 38.8 Å². The van der Waals surface area contributed by atoms with Gasteiger partial charge < -0.3 is 15.4 Å². The quantitative estimate of drug-likeness (QED) is 0.678. The molecule has 1 heterocycles. The van der Waals surface area contributed by atoms with Gasteiger partial charge in [0.25, 0.3) is 0 Å². The Bertz CT molecular complexity index is 179. The van der Waals surface area contributed by atoms with Gasteiger partial charge in [0.15, 0.2) is 0 Å². The van der Waals surface area contributed by atoms with Crippen molar-refractivity contribution >= 4 is 5.91 Å². The Morgan fingerprint density at radius 3 is 3.07 bits per heavy atom. The number of hydrogen-bond acceptors (Lipinski definition) is 3. The van der Waals surface area contributed by atoms with Crippen LogP contribution < -0.4 is 10.6 Å². The smallest absolute Gasteiger partial charge is 0.248 e. The van der Waals surface area contributed by atoms with Crippen LogP contribution >= 0.6 is 0 Å². The van der Waals surface area contributed by atoms with Crippen molar-refractivity contribution in [3.8, 4) is 0 Å². The molecule has 2 atom stereocenters. The van der Waals surface area contributed by atoms with Crippen LogP contribution in [0, 0.1) is 5.92 Å². The molecule has 1 aliphatic heterocycles.